The Morgan fingerprint density at radius 3 is 2.75 bits per heavy atom. The number of nitrogens with one attached hydrogen (secondary N) is 1. The van der Waals surface area contributed by atoms with Gasteiger partial charge in [-0.25, -0.2) is 4.39 Å². The van der Waals surface area contributed by atoms with Gasteiger partial charge in [0.1, 0.15) is 11.6 Å². The van der Waals surface area contributed by atoms with Crippen LogP contribution < -0.4 is 10.1 Å². The van der Waals surface area contributed by atoms with E-state index in [0.717, 1.165) is 25.9 Å². The Balaban J connectivity index is 1.71. The van der Waals surface area contributed by atoms with Crippen LogP contribution >= 0.6 is 0 Å². The zero-order chi connectivity index (χ0) is 20.1. The lowest BCUT2D eigenvalue weighted by molar-refractivity contribution is -0.385. The molecule has 1 atom stereocenters. The molecule has 148 valence electrons. The van der Waals surface area contributed by atoms with Crippen LogP contribution in [0.5, 0.6) is 11.5 Å². The SMILES string of the molecule is CCN1CCCC1CNC(=O)c1ccc(Oc2ccc(F)cc2)c([N+](=O)[O-])c1. The second-order valence-corrected chi connectivity index (χ2v) is 6.63. The van der Waals surface area contributed by atoms with Crippen molar-refractivity contribution in [2.45, 2.75) is 25.8 Å². The van der Waals surface area contributed by atoms with Crippen LogP contribution in [0, 0.1) is 15.9 Å². The van der Waals surface area contributed by atoms with E-state index in [0.29, 0.717) is 12.6 Å². The number of nitrogens with zero attached hydrogens (tertiary/aromatic N) is 2. The number of carbonyl (C=O) groups excluding carboxylic acids is 1. The number of nitro groups is 1. The molecule has 1 fully saturated rings. The van der Waals surface area contributed by atoms with Crippen molar-refractivity contribution in [3.8, 4) is 11.5 Å². The summed E-state index contributed by atoms with van der Waals surface area (Å²) in [4.78, 5) is 25.6. The zero-order valence-corrected chi connectivity index (χ0v) is 15.6. The molecule has 0 spiro atoms. The number of hydrogen-bond acceptors (Lipinski definition) is 5. The third-order valence-corrected chi connectivity index (χ3v) is 4.86. The number of halogens is 1. The summed E-state index contributed by atoms with van der Waals surface area (Å²) < 4.78 is 18.5. The van der Waals surface area contributed by atoms with E-state index in [-0.39, 0.29) is 28.7 Å². The molecule has 1 aliphatic rings. The molecule has 0 radical (unpaired) electrons. The average molecular weight is 387 g/mol. The van der Waals surface area contributed by atoms with Crippen LogP contribution in [0.3, 0.4) is 0 Å². The molecule has 0 saturated carbocycles. The number of nitro benzene ring substituents is 1. The number of carbonyl (C=O) groups is 1. The monoisotopic (exact) mass is 387 g/mol. The minimum Gasteiger partial charge on any atom is -0.450 e. The van der Waals surface area contributed by atoms with Crippen LogP contribution in [-0.2, 0) is 0 Å². The van der Waals surface area contributed by atoms with E-state index in [1.54, 1.807) is 0 Å². The van der Waals surface area contributed by atoms with Gasteiger partial charge in [0.15, 0.2) is 0 Å². The smallest absolute Gasteiger partial charge is 0.312 e. The second-order valence-electron chi connectivity index (χ2n) is 6.63. The highest BCUT2D eigenvalue weighted by atomic mass is 19.1. The van der Waals surface area contributed by atoms with E-state index >= 15 is 0 Å². The predicted molar refractivity (Wildman–Crippen MR) is 102 cm³/mol. The molecule has 0 aromatic heterocycles. The van der Waals surface area contributed by atoms with Gasteiger partial charge in [0.25, 0.3) is 5.91 Å². The van der Waals surface area contributed by atoms with E-state index < -0.39 is 10.7 Å². The minimum atomic E-state index is -0.606. The Labute approximate surface area is 162 Å². The van der Waals surface area contributed by atoms with E-state index in [1.807, 2.05) is 0 Å². The summed E-state index contributed by atoms with van der Waals surface area (Å²) in [6.07, 6.45) is 2.13. The first-order valence-corrected chi connectivity index (χ1v) is 9.22. The average Bonchev–Trinajstić information content (AvgIpc) is 3.15. The maximum Gasteiger partial charge on any atom is 0.312 e. The molecule has 1 amide bonds. The fourth-order valence-corrected chi connectivity index (χ4v) is 3.37. The lowest BCUT2D eigenvalue weighted by Crippen LogP contribution is -2.40. The zero-order valence-electron chi connectivity index (χ0n) is 15.6. The van der Waals surface area contributed by atoms with Crippen molar-refractivity contribution in [1.29, 1.82) is 0 Å². The Morgan fingerprint density at radius 2 is 2.07 bits per heavy atom. The van der Waals surface area contributed by atoms with Crippen LogP contribution in [0.1, 0.15) is 30.1 Å². The van der Waals surface area contributed by atoms with E-state index in [1.165, 1.54) is 42.5 Å². The van der Waals surface area contributed by atoms with Crippen LogP contribution in [-0.4, -0.2) is 41.4 Å². The Kier molecular flexibility index (Phi) is 6.20. The fraction of sp³-hybridized carbons (Fsp3) is 0.350. The first-order valence-electron chi connectivity index (χ1n) is 9.22. The fourth-order valence-electron chi connectivity index (χ4n) is 3.37. The van der Waals surface area contributed by atoms with Crippen molar-refractivity contribution in [3.05, 3.63) is 64.0 Å². The number of hydrogen-bond donors (Lipinski definition) is 1. The van der Waals surface area contributed by atoms with Gasteiger partial charge >= 0.3 is 5.69 Å². The van der Waals surface area contributed by atoms with Crippen molar-refractivity contribution in [3.63, 3.8) is 0 Å². The highest BCUT2D eigenvalue weighted by molar-refractivity contribution is 5.95. The second kappa shape index (κ2) is 8.79. The van der Waals surface area contributed by atoms with E-state index in [9.17, 15) is 19.3 Å². The molecule has 8 heteroatoms. The van der Waals surface area contributed by atoms with Gasteiger partial charge in [0.2, 0.25) is 5.75 Å². The summed E-state index contributed by atoms with van der Waals surface area (Å²) >= 11 is 0. The van der Waals surface area contributed by atoms with Crippen LogP contribution in [0.15, 0.2) is 42.5 Å². The van der Waals surface area contributed by atoms with Crippen LogP contribution in [0.25, 0.3) is 0 Å². The van der Waals surface area contributed by atoms with Crippen molar-refractivity contribution >= 4 is 11.6 Å². The number of rotatable bonds is 7. The van der Waals surface area contributed by atoms with Gasteiger partial charge < -0.3 is 10.1 Å². The molecule has 1 unspecified atom stereocenters. The van der Waals surface area contributed by atoms with E-state index in [2.05, 4.69) is 17.1 Å². The van der Waals surface area contributed by atoms with Crippen LogP contribution in [0.4, 0.5) is 10.1 Å². The Hall–Kier alpha value is -3.00. The number of likely N-dealkylation sites (tertiary alicyclic amines) is 1. The molecule has 28 heavy (non-hydrogen) atoms. The van der Waals surface area contributed by atoms with Crippen molar-refractivity contribution in [2.75, 3.05) is 19.6 Å². The Morgan fingerprint density at radius 1 is 1.32 bits per heavy atom. The summed E-state index contributed by atoms with van der Waals surface area (Å²) in [6, 6.07) is 9.50. The highest BCUT2D eigenvalue weighted by Gasteiger charge is 2.24. The lowest BCUT2D eigenvalue weighted by Gasteiger charge is -2.22. The number of ether oxygens (including phenoxy) is 1. The van der Waals surface area contributed by atoms with Gasteiger partial charge in [-0.2, -0.15) is 0 Å². The number of likely N-dealkylation sites (N-methyl/N-ethyl adjacent to an activating group) is 1. The summed E-state index contributed by atoms with van der Waals surface area (Å²) in [5.74, 6) is -0.541. The summed E-state index contributed by atoms with van der Waals surface area (Å²) in [5, 5.41) is 14.3. The van der Waals surface area contributed by atoms with Gasteiger partial charge in [0.05, 0.1) is 4.92 Å². The largest absolute Gasteiger partial charge is 0.450 e. The quantitative estimate of drug-likeness (QED) is 0.578. The number of amides is 1. The minimum absolute atomic E-state index is 0.0129. The summed E-state index contributed by atoms with van der Waals surface area (Å²) in [7, 11) is 0. The van der Waals surface area contributed by atoms with Crippen LogP contribution in [0.2, 0.25) is 0 Å². The molecule has 7 nitrogen and oxygen atoms in total. The van der Waals surface area contributed by atoms with Crippen molar-refractivity contribution < 1.29 is 18.8 Å². The molecule has 2 aromatic rings. The highest BCUT2D eigenvalue weighted by Crippen LogP contribution is 2.32. The molecule has 1 saturated heterocycles. The molecule has 1 heterocycles. The molecule has 0 aliphatic carbocycles. The summed E-state index contributed by atoms with van der Waals surface area (Å²) in [5.41, 5.74) is -0.132. The van der Waals surface area contributed by atoms with E-state index in [4.69, 9.17) is 4.74 Å². The molecule has 3 rings (SSSR count). The lowest BCUT2D eigenvalue weighted by atomic mass is 10.1. The molecular formula is C20H22FN3O4. The third kappa shape index (κ3) is 4.64. The predicted octanol–water partition coefficient (Wildman–Crippen LogP) is 3.74. The molecular weight excluding hydrogens is 365 g/mol. The first-order chi connectivity index (χ1) is 13.5. The normalized spacial score (nSPS) is 16.7. The van der Waals surface area contributed by atoms with Gasteiger partial charge in [0, 0.05) is 24.2 Å². The third-order valence-electron chi connectivity index (χ3n) is 4.86. The molecule has 1 N–H and O–H groups in total. The number of benzene rings is 2. The summed E-state index contributed by atoms with van der Waals surface area (Å²) in [6.45, 7) is 4.55. The van der Waals surface area contributed by atoms with Gasteiger partial charge in [-0.15, -0.1) is 0 Å². The standard InChI is InChI=1S/C20H22FN3O4/c1-2-23-11-3-4-16(23)13-22-20(25)14-5-10-19(18(12-14)24(26)27)28-17-8-6-15(21)7-9-17/h5-10,12,16H,2-4,11,13H2,1H3,(H,22,25). The van der Waals surface area contributed by atoms with Crippen molar-refractivity contribution in [1.82, 2.24) is 10.2 Å². The molecule has 0 bridgehead atoms. The molecule has 2 aromatic carbocycles. The van der Waals surface area contributed by atoms with Gasteiger partial charge in [-0.1, -0.05) is 6.92 Å². The maximum absolute atomic E-state index is 13.0. The first kappa shape index (κ1) is 19.8. The maximum atomic E-state index is 13.0. The molecule has 1 aliphatic heterocycles. The Bertz CT molecular complexity index is 857. The van der Waals surface area contributed by atoms with Gasteiger partial charge in [-0.05, 0) is 62.3 Å². The van der Waals surface area contributed by atoms with Crippen molar-refractivity contribution in [2.24, 2.45) is 0 Å². The topological polar surface area (TPSA) is 84.7 Å². The van der Waals surface area contributed by atoms with Gasteiger partial charge in [-0.3, -0.25) is 19.8 Å².